The number of nitrogens with zero attached hydrogens (tertiary/aromatic N) is 1. The second-order valence-corrected chi connectivity index (χ2v) is 7.08. The Morgan fingerprint density at radius 3 is 1.79 bits per heavy atom. The van der Waals surface area contributed by atoms with Crippen LogP contribution in [0.3, 0.4) is 0 Å². The molecule has 0 spiro atoms. The number of hydrogen-bond acceptors (Lipinski definition) is 7. The third-order valence-electron chi connectivity index (χ3n) is 3.74. The Morgan fingerprint density at radius 1 is 0.966 bits per heavy atom. The first-order valence-electron chi connectivity index (χ1n) is 8.31. The van der Waals surface area contributed by atoms with Crippen molar-refractivity contribution in [2.24, 2.45) is 0 Å². The van der Waals surface area contributed by atoms with Crippen molar-refractivity contribution in [3.8, 4) is 0 Å². The van der Waals surface area contributed by atoms with E-state index in [1.54, 1.807) is 5.32 Å². The first kappa shape index (κ1) is 21.5. The smallest absolute Gasteiger partial charge is 0.339 e. The maximum atomic E-state index is 12.7. The van der Waals surface area contributed by atoms with Crippen molar-refractivity contribution in [3.05, 3.63) is 35.4 Å². The second-order valence-electron chi connectivity index (χ2n) is 7.08. The number of rotatable bonds is 6. The Morgan fingerprint density at radius 2 is 1.41 bits per heavy atom. The van der Waals surface area contributed by atoms with Gasteiger partial charge in [0.1, 0.15) is 5.60 Å². The number of hydrogen-bond donors (Lipinski definition) is 3. The number of imide groups is 1. The Hall–Kier alpha value is -3.76. The van der Waals surface area contributed by atoms with Crippen LogP contribution < -0.4 is 5.32 Å². The van der Waals surface area contributed by atoms with Gasteiger partial charge < -0.3 is 20.3 Å². The summed E-state index contributed by atoms with van der Waals surface area (Å²) in [6.45, 7) is 4.42. The fourth-order valence-electron chi connectivity index (χ4n) is 2.58. The molecule has 0 aromatic heterocycles. The maximum Gasteiger partial charge on any atom is 0.339 e. The van der Waals surface area contributed by atoms with Gasteiger partial charge in [0.25, 0.3) is 17.7 Å². The molecule has 3 N–H and O–H groups in total. The average Bonchev–Trinajstić information content (AvgIpc) is 2.83. The topological polar surface area (TPSA) is 167 Å². The summed E-state index contributed by atoms with van der Waals surface area (Å²) < 4.78 is 5.09. The molecule has 2 rings (SSSR count). The van der Waals surface area contributed by atoms with Crippen LogP contribution in [0.15, 0.2) is 24.3 Å². The SMILES string of the molecule is CC(C)(C)OC(=O)C(C(=O)NC(C(=O)O)C(=O)O)N1C(=O)c2ccccc2C1=O. The van der Waals surface area contributed by atoms with Gasteiger partial charge in [-0.15, -0.1) is 0 Å². The maximum absolute atomic E-state index is 12.7. The van der Waals surface area contributed by atoms with E-state index in [1.807, 2.05) is 0 Å². The van der Waals surface area contributed by atoms with Crippen LogP contribution in [0.25, 0.3) is 0 Å². The first-order chi connectivity index (χ1) is 13.3. The summed E-state index contributed by atoms with van der Waals surface area (Å²) in [5.74, 6) is -8.56. The lowest BCUT2D eigenvalue weighted by atomic mass is 10.1. The molecule has 1 aliphatic heterocycles. The minimum atomic E-state index is -2.40. The lowest BCUT2D eigenvalue weighted by Crippen LogP contribution is -2.59. The van der Waals surface area contributed by atoms with Crippen LogP contribution in [0, 0.1) is 0 Å². The molecule has 0 bridgehead atoms. The molecule has 29 heavy (non-hydrogen) atoms. The number of aliphatic carboxylic acids is 2. The minimum Gasteiger partial charge on any atom is -0.479 e. The molecule has 1 atom stereocenters. The third-order valence-corrected chi connectivity index (χ3v) is 3.74. The van der Waals surface area contributed by atoms with Crippen LogP contribution in [-0.4, -0.2) is 68.4 Å². The van der Waals surface area contributed by atoms with Gasteiger partial charge in [0.05, 0.1) is 11.1 Å². The van der Waals surface area contributed by atoms with Gasteiger partial charge in [0.15, 0.2) is 0 Å². The van der Waals surface area contributed by atoms with E-state index in [0.29, 0.717) is 4.90 Å². The lowest BCUT2D eigenvalue weighted by Gasteiger charge is -2.28. The molecule has 1 unspecified atom stereocenters. The molecule has 0 aliphatic carbocycles. The molecule has 1 aromatic carbocycles. The quantitative estimate of drug-likeness (QED) is 0.325. The number of ether oxygens (including phenoxy) is 1. The van der Waals surface area contributed by atoms with E-state index in [9.17, 15) is 28.8 Å². The van der Waals surface area contributed by atoms with E-state index < -0.39 is 53.3 Å². The van der Waals surface area contributed by atoms with Crippen LogP contribution in [0.2, 0.25) is 0 Å². The summed E-state index contributed by atoms with van der Waals surface area (Å²) in [5.41, 5.74) is -1.24. The number of fused-ring (bicyclic) bond motifs is 1. The normalized spacial score (nSPS) is 14.4. The van der Waals surface area contributed by atoms with Gasteiger partial charge in [-0.3, -0.25) is 19.3 Å². The van der Waals surface area contributed by atoms with E-state index in [-0.39, 0.29) is 11.1 Å². The Bertz CT molecular complexity index is 867. The zero-order chi connectivity index (χ0) is 22.1. The van der Waals surface area contributed by atoms with Gasteiger partial charge in [0, 0.05) is 0 Å². The van der Waals surface area contributed by atoms with E-state index >= 15 is 0 Å². The van der Waals surface area contributed by atoms with Gasteiger partial charge in [-0.05, 0) is 32.9 Å². The van der Waals surface area contributed by atoms with Crippen molar-refractivity contribution >= 4 is 35.6 Å². The Balaban J connectivity index is 2.46. The Kier molecular flexibility index (Phi) is 5.72. The summed E-state index contributed by atoms with van der Waals surface area (Å²) in [4.78, 5) is 73.0. The fourth-order valence-corrected chi connectivity index (χ4v) is 2.58. The predicted molar refractivity (Wildman–Crippen MR) is 93.8 cm³/mol. The van der Waals surface area contributed by atoms with Crippen LogP contribution in [0.5, 0.6) is 0 Å². The number of esters is 1. The Labute approximate surface area is 164 Å². The molecule has 0 fully saturated rings. The zero-order valence-electron chi connectivity index (χ0n) is 15.7. The molecule has 3 amide bonds. The molecule has 0 saturated heterocycles. The molecule has 11 nitrogen and oxygen atoms in total. The summed E-state index contributed by atoms with van der Waals surface area (Å²) >= 11 is 0. The van der Waals surface area contributed by atoms with Gasteiger partial charge >= 0.3 is 17.9 Å². The fraction of sp³-hybridized carbons (Fsp3) is 0.333. The predicted octanol–water partition coefficient (Wildman–Crippen LogP) is -0.353. The number of benzene rings is 1. The van der Waals surface area contributed by atoms with Crippen LogP contribution in [0.4, 0.5) is 0 Å². The molecule has 1 heterocycles. The molecule has 154 valence electrons. The zero-order valence-corrected chi connectivity index (χ0v) is 15.7. The highest BCUT2D eigenvalue weighted by atomic mass is 16.6. The highest BCUT2D eigenvalue weighted by molar-refractivity contribution is 6.25. The van der Waals surface area contributed by atoms with Crippen LogP contribution in [-0.2, 0) is 23.9 Å². The average molecular weight is 406 g/mol. The van der Waals surface area contributed by atoms with Crippen molar-refractivity contribution in [1.29, 1.82) is 0 Å². The highest BCUT2D eigenvalue weighted by Gasteiger charge is 2.48. The molecule has 11 heteroatoms. The molecule has 0 radical (unpaired) electrons. The highest BCUT2D eigenvalue weighted by Crippen LogP contribution is 2.26. The summed E-state index contributed by atoms with van der Waals surface area (Å²) in [6.07, 6.45) is 0. The van der Waals surface area contributed by atoms with Crippen LogP contribution in [0.1, 0.15) is 41.5 Å². The number of amides is 3. The second kappa shape index (κ2) is 7.70. The van der Waals surface area contributed by atoms with E-state index in [4.69, 9.17) is 14.9 Å². The largest absolute Gasteiger partial charge is 0.479 e. The van der Waals surface area contributed by atoms with Crippen molar-refractivity contribution < 1.29 is 43.7 Å². The van der Waals surface area contributed by atoms with Crippen molar-refractivity contribution in [3.63, 3.8) is 0 Å². The third kappa shape index (κ3) is 4.39. The summed E-state index contributed by atoms with van der Waals surface area (Å²) in [7, 11) is 0. The summed E-state index contributed by atoms with van der Waals surface area (Å²) in [5, 5.41) is 19.5. The minimum absolute atomic E-state index is 0.0631. The van der Waals surface area contributed by atoms with Crippen molar-refractivity contribution in [1.82, 2.24) is 10.2 Å². The monoisotopic (exact) mass is 406 g/mol. The first-order valence-corrected chi connectivity index (χ1v) is 8.31. The van der Waals surface area contributed by atoms with Crippen molar-refractivity contribution in [2.45, 2.75) is 38.5 Å². The number of carbonyl (C=O) groups excluding carboxylic acids is 4. The van der Waals surface area contributed by atoms with Crippen molar-refractivity contribution in [2.75, 3.05) is 0 Å². The van der Waals surface area contributed by atoms with Crippen LogP contribution >= 0.6 is 0 Å². The number of nitrogens with one attached hydrogen (secondary N) is 1. The molecule has 1 aliphatic rings. The van der Waals surface area contributed by atoms with E-state index in [1.165, 1.54) is 45.0 Å². The molecule has 1 aromatic rings. The lowest BCUT2D eigenvalue weighted by molar-refractivity contribution is -0.164. The van der Waals surface area contributed by atoms with E-state index in [2.05, 4.69) is 0 Å². The number of carbonyl (C=O) groups is 6. The standard InChI is InChI=1S/C18H18N2O9/c1-18(2,3)29-17(28)11(12(21)19-10(15(24)25)16(26)27)20-13(22)8-6-4-5-7-9(8)14(20)23/h4-7,10-11H,1-3H3,(H,19,21)(H,24,25)(H,26,27). The number of carboxylic acid groups (broad SMARTS) is 2. The molecule has 0 saturated carbocycles. The van der Waals surface area contributed by atoms with Gasteiger partial charge in [0.2, 0.25) is 12.1 Å². The molecular formula is C18H18N2O9. The van der Waals surface area contributed by atoms with E-state index in [0.717, 1.165) is 0 Å². The van der Waals surface area contributed by atoms with Gasteiger partial charge in [-0.2, -0.15) is 0 Å². The summed E-state index contributed by atoms with van der Waals surface area (Å²) in [6, 6.07) is 0.959. The van der Waals surface area contributed by atoms with Gasteiger partial charge in [-0.1, -0.05) is 12.1 Å². The molecular weight excluding hydrogens is 388 g/mol. The number of carboxylic acids is 2. The van der Waals surface area contributed by atoms with Gasteiger partial charge in [-0.25, -0.2) is 14.4 Å².